The van der Waals surface area contributed by atoms with Gasteiger partial charge in [-0.1, -0.05) is 0 Å². The van der Waals surface area contributed by atoms with E-state index in [1.165, 1.54) is 0 Å². The number of aromatic amines is 1. The maximum atomic E-state index is 12.1. The van der Waals surface area contributed by atoms with Crippen molar-refractivity contribution in [3.05, 3.63) is 40.3 Å². The fourth-order valence-electron chi connectivity index (χ4n) is 2.42. The van der Waals surface area contributed by atoms with Crippen molar-refractivity contribution in [2.45, 2.75) is 0 Å². The van der Waals surface area contributed by atoms with Crippen molar-refractivity contribution in [3.8, 4) is 11.3 Å². The van der Waals surface area contributed by atoms with Crippen LogP contribution in [0.3, 0.4) is 0 Å². The van der Waals surface area contributed by atoms with Gasteiger partial charge in [0.1, 0.15) is 17.1 Å². The number of carbonyl (C=O) groups is 5. The second kappa shape index (κ2) is 10.9. The Bertz CT molecular complexity index is 998. The fraction of sp³-hybridized carbons (Fsp3) is 0. The van der Waals surface area contributed by atoms with E-state index in [1.54, 1.807) is 0 Å². The zero-order chi connectivity index (χ0) is 17.8. The van der Waals surface area contributed by atoms with Gasteiger partial charge in [0, 0.05) is 5.56 Å². The summed E-state index contributed by atoms with van der Waals surface area (Å²) < 4.78 is 0. The van der Waals surface area contributed by atoms with Gasteiger partial charge in [0.25, 0.3) is 5.78 Å². The molecule has 27 heavy (non-hydrogen) atoms. The van der Waals surface area contributed by atoms with E-state index in [0.29, 0.717) is 0 Å². The van der Waals surface area contributed by atoms with Gasteiger partial charge in [0.2, 0.25) is 5.78 Å². The molecule has 2 aromatic heterocycles. The SMILES string of the molecule is O=C(O)c1cc(C(=O)O)c2c(n1)C(=O)C(=O)c1cc(C(=O)O)[nH]c1-2.[KH].[KH].[KH]. The van der Waals surface area contributed by atoms with Gasteiger partial charge in [-0.3, -0.25) is 9.59 Å². The molecular weight excluding hydrogens is 441 g/mol. The number of H-pyrrole nitrogens is 1. The van der Waals surface area contributed by atoms with Gasteiger partial charge < -0.3 is 20.3 Å². The van der Waals surface area contributed by atoms with E-state index in [0.717, 1.165) is 12.1 Å². The minimum atomic E-state index is -1.58. The number of pyridine rings is 1. The Balaban J connectivity index is 0.00000225. The Morgan fingerprint density at radius 2 is 1.44 bits per heavy atom. The van der Waals surface area contributed by atoms with Crippen LogP contribution >= 0.6 is 0 Å². The number of nitrogens with one attached hydrogen (secondary N) is 1. The van der Waals surface area contributed by atoms with Gasteiger partial charge in [-0.25, -0.2) is 19.4 Å². The van der Waals surface area contributed by atoms with E-state index in [9.17, 15) is 29.1 Å². The van der Waals surface area contributed by atoms with Crippen LogP contribution in [0.25, 0.3) is 11.3 Å². The van der Waals surface area contributed by atoms with Gasteiger partial charge >= 0.3 is 172 Å². The molecule has 1 aliphatic rings. The molecule has 0 aliphatic heterocycles. The Morgan fingerprint density at radius 1 is 0.852 bits per heavy atom. The predicted molar refractivity (Wildman–Crippen MR) is 95.0 cm³/mol. The molecule has 0 atom stereocenters. The van der Waals surface area contributed by atoms with Crippen molar-refractivity contribution in [2.24, 2.45) is 0 Å². The number of carboxylic acids is 3. The third-order valence-electron chi connectivity index (χ3n) is 3.43. The summed E-state index contributed by atoms with van der Waals surface area (Å²) in [7, 11) is 0. The van der Waals surface area contributed by atoms with E-state index >= 15 is 0 Å². The second-order valence-corrected chi connectivity index (χ2v) is 4.82. The fourth-order valence-corrected chi connectivity index (χ4v) is 2.42. The summed E-state index contributed by atoms with van der Waals surface area (Å²) in [5.74, 6) is -6.87. The Hall–Kier alpha value is 1.09. The summed E-state index contributed by atoms with van der Waals surface area (Å²) in [6, 6.07) is 1.65. The first kappa shape index (κ1) is 28.1. The summed E-state index contributed by atoms with van der Waals surface area (Å²) in [4.78, 5) is 63.7. The molecule has 0 saturated carbocycles. The molecule has 2 aromatic rings. The van der Waals surface area contributed by atoms with E-state index in [-0.39, 0.29) is 171 Å². The Labute approximate surface area is 278 Å². The van der Waals surface area contributed by atoms with Crippen LogP contribution in [0.5, 0.6) is 0 Å². The number of nitrogens with zero attached hydrogens (tertiary/aromatic N) is 1. The van der Waals surface area contributed by atoms with E-state index in [4.69, 9.17) is 10.2 Å². The number of Topliss-reactive ketones (excluding diaryl/α,β-unsaturated/α-hetero) is 2. The average Bonchev–Trinajstić information content (AvgIpc) is 2.96. The first-order valence-electron chi connectivity index (χ1n) is 6.29. The van der Waals surface area contributed by atoms with Crippen LogP contribution in [0.2, 0.25) is 0 Å². The number of aromatic nitrogens is 2. The van der Waals surface area contributed by atoms with Crippen LogP contribution in [0.15, 0.2) is 12.1 Å². The molecule has 13 heteroatoms. The molecule has 3 rings (SSSR count). The number of hydrogen-bond donors (Lipinski definition) is 4. The molecule has 2 heterocycles. The quantitative estimate of drug-likeness (QED) is 0.324. The van der Waals surface area contributed by atoms with Gasteiger partial charge in [-0.05, 0) is 12.1 Å². The van der Waals surface area contributed by atoms with E-state index in [2.05, 4.69) is 9.97 Å². The summed E-state index contributed by atoms with van der Waals surface area (Å²) in [5, 5.41) is 27.3. The molecule has 0 amide bonds. The summed E-state index contributed by atoms with van der Waals surface area (Å²) in [6.07, 6.45) is 0. The zero-order valence-electron chi connectivity index (χ0n) is 11.5. The molecular formula is C14H9K3N2O8. The standard InChI is InChI=1S/C14H6N2O8.3K.3H/c17-10-4-2-6(14(23)24)15-8(4)7-3(12(19)20)1-5(13(21)22)16-9(7)11(10)18;;;;;;/h1-2,15H,(H,19,20)(H,21,22)(H,23,24);;;;;;. The van der Waals surface area contributed by atoms with Crippen LogP contribution in [0, 0.1) is 0 Å². The third-order valence-corrected chi connectivity index (χ3v) is 3.43. The normalized spacial score (nSPS) is 11.1. The van der Waals surface area contributed by atoms with Crippen LogP contribution in [-0.4, -0.2) is 209 Å². The predicted octanol–water partition coefficient (Wildman–Crippen LogP) is -1.40. The molecule has 0 unspecified atom stereocenters. The maximum absolute atomic E-state index is 12.1. The molecule has 1 aliphatic carbocycles. The van der Waals surface area contributed by atoms with Crippen LogP contribution in [-0.2, 0) is 0 Å². The molecule has 0 fully saturated rings. The van der Waals surface area contributed by atoms with Gasteiger partial charge in [0.05, 0.1) is 16.8 Å². The molecule has 0 saturated heterocycles. The first-order chi connectivity index (χ1) is 11.2. The minimum absolute atomic E-state index is 0. The van der Waals surface area contributed by atoms with Gasteiger partial charge in [-0.2, -0.15) is 0 Å². The van der Waals surface area contributed by atoms with Crippen molar-refractivity contribution in [1.82, 2.24) is 9.97 Å². The number of ketones is 2. The molecule has 0 bridgehead atoms. The molecule has 0 radical (unpaired) electrons. The number of rotatable bonds is 3. The second-order valence-electron chi connectivity index (χ2n) is 4.82. The van der Waals surface area contributed by atoms with Gasteiger partial charge in [0.15, 0.2) is 0 Å². The molecule has 0 spiro atoms. The third kappa shape index (κ3) is 5.23. The number of fused-ring (bicyclic) bond motifs is 3. The number of hydrogen-bond acceptors (Lipinski definition) is 6. The van der Waals surface area contributed by atoms with Crippen molar-refractivity contribution in [2.75, 3.05) is 0 Å². The summed E-state index contributed by atoms with van der Waals surface area (Å²) in [6.45, 7) is 0. The van der Waals surface area contributed by atoms with Crippen molar-refractivity contribution in [1.29, 1.82) is 0 Å². The van der Waals surface area contributed by atoms with Crippen molar-refractivity contribution in [3.63, 3.8) is 0 Å². The van der Waals surface area contributed by atoms with Crippen LogP contribution in [0.1, 0.15) is 52.2 Å². The van der Waals surface area contributed by atoms with Gasteiger partial charge in [-0.15, -0.1) is 0 Å². The van der Waals surface area contributed by atoms with Crippen LogP contribution in [0.4, 0.5) is 0 Å². The zero-order valence-corrected chi connectivity index (χ0v) is 11.5. The number of aromatic carboxylic acids is 3. The Morgan fingerprint density at radius 3 is 1.93 bits per heavy atom. The molecule has 10 nitrogen and oxygen atoms in total. The summed E-state index contributed by atoms with van der Waals surface area (Å²) >= 11 is 0. The van der Waals surface area contributed by atoms with Crippen molar-refractivity contribution >= 4 is 184 Å². The van der Waals surface area contributed by atoms with Crippen LogP contribution < -0.4 is 0 Å². The Kier molecular flexibility index (Phi) is 11.4. The number of carbonyl (C=O) groups excluding carboxylic acids is 2. The first-order valence-corrected chi connectivity index (χ1v) is 6.29. The number of carboxylic acid groups (broad SMARTS) is 3. The van der Waals surface area contributed by atoms with Crippen molar-refractivity contribution < 1.29 is 39.3 Å². The van der Waals surface area contributed by atoms with E-state index in [1.807, 2.05) is 0 Å². The molecule has 126 valence electrons. The van der Waals surface area contributed by atoms with E-state index < -0.39 is 52.1 Å². The summed E-state index contributed by atoms with van der Waals surface area (Å²) in [5.41, 5.74) is -3.21. The molecule has 4 N–H and O–H groups in total. The topological polar surface area (TPSA) is 175 Å². The molecule has 0 aromatic carbocycles. The monoisotopic (exact) mass is 450 g/mol. The average molecular weight is 451 g/mol.